The third kappa shape index (κ3) is 3.48. The molecule has 4 heteroatoms. The van der Waals surface area contributed by atoms with E-state index in [0.29, 0.717) is 23.7 Å². The van der Waals surface area contributed by atoms with Crippen LogP contribution in [-0.2, 0) is 9.53 Å². The van der Waals surface area contributed by atoms with Crippen LogP contribution in [0.25, 0.3) is 0 Å². The Morgan fingerprint density at radius 2 is 2.11 bits per heavy atom. The smallest absolute Gasteiger partial charge is 0.241 e. The van der Waals surface area contributed by atoms with E-state index < -0.39 is 0 Å². The van der Waals surface area contributed by atoms with Crippen molar-refractivity contribution >= 4 is 5.91 Å². The standard InChI is InChI=1S/C15H28N2O2/c1-10(2)7-13-15(18)17(14(16-13)11(3)4)8-12-5-6-19-9-12/h10-14,16H,5-9H2,1-4H3. The first-order valence-corrected chi connectivity index (χ1v) is 7.63. The van der Waals surface area contributed by atoms with Crippen molar-refractivity contribution < 1.29 is 9.53 Å². The van der Waals surface area contributed by atoms with Crippen molar-refractivity contribution in [1.82, 2.24) is 10.2 Å². The van der Waals surface area contributed by atoms with Gasteiger partial charge in [0, 0.05) is 19.1 Å². The van der Waals surface area contributed by atoms with Gasteiger partial charge in [0.2, 0.25) is 5.91 Å². The SMILES string of the molecule is CC(C)CC1NC(C(C)C)N(CC2CCOC2)C1=O. The van der Waals surface area contributed by atoms with Crippen LogP contribution in [0.5, 0.6) is 0 Å². The molecule has 2 fully saturated rings. The summed E-state index contributed by atoms with van der Waals surface area (Å²) in [5.74, 6) is 1.80. The summed E-state index contributed by atoms with van der Waals surface area (Å²) < 4.78 is 5.43. The molecule has 2 heterocycles. The van der Waals surface area contributed by atoms with Gasteiger partial charge in [0.05, 0.1) is 18.8 Å². The summed E-state index contributed by atoms with van der Waals surface area (Å²) >= 11 is 0. The predicted molar refractivity (Wildman–Crippen MR) is 75.6 cm³/mol. The maximum atomic E-state index is 12.6. The van der Waals surface area contributed by atoms with Crippen molar-refractivity contribution in [2.75, 3.05) is 19.8 Å². The molecule has 2 aliphatic heterocycles. The van der Waals surface area contributed by atoms with E-state index in [4.69, 9.17) is 4.74 Å². The van der Waals surface area contributed by atoms with Gasteiger partial charge in [-0.25, -0.2) is 0 Å². The highest BCUT2D eigenvalue weighted by molar-refractivity contribution is 5.84. The lowest BCUT2D eigenvalue weighted by atomic mass is 10.0. The maximum Gasteiger partial charge on any atom is 0.241 e. The lowest BCUT2D eigenvalue weighted by molar-refractivity contribution is -0.131. The number of nitrogens with one attached hydrogen (secondary N) is 1. The van der Waals surface area contributed by atoms with Crippen molar-refractivity contribution in [3.63, 3.8) is 0 Å². The molecule has 3 unspecified atom stereocenters. The van der Waals surface area contributed by atoms with E-state index >= 15 is 0 Å². The lowest BCUT2D eigenvalue weighted by Crippen LogP contribution is -2.43. The number of rotatable bonds is 5. The molecule has 3 atom stereocenters. The van der Waals surface area contributed by atoms with Crippen molar-refractivity contribution in [2.45, 2.75) is 52.7 Å². The minimum Gasteiger partial charge on any atom is -0.381 e. The van der Waals surface area contributed by atoms with Crippen LogP contribution in [0, 0.1) is 17.8 Å². The molecule has 19 heavy (non-hydrogen) atoms. The Balaban J connectivity index is 2.02. The number of nitrogens with zero attached hydrogens (tertiary/aromatic N) is 1. The lowest BCUT2D eigenvalue weighted by Gasteiger charge is -2.29. The van der Waals surface area contributed by atoms with E-state index in [2.05, 4.69) is 37.9 Å². The van der Waals surface area contributed by atoms with Crippen LogP contribution in [0.1, 0.15) is 40.5 Å². The first-order chi connectivity index (χ1) is 8.99. The van der Waals surface area contributed by atoms with Gasteiger partial charge >= 0.3 is 0 Å². The molecule has 0 spiro atoms. The molecule has 2 saturated heterocycles. The van der Waals surface area contributed by atoms with Crippen LogP contribution in [0.2, 0.25) is 0 Å². The summed E-state index contributed by atoms with van der Waals surface area (Å²) in [4.78, 5) is 14.6. The molecule has 1 N–H and O–H groups in total. The Morgan fingerprint density at radius 3 is 2.63 bits per heavy atom. The zero-order valence-electron chi connectivity index (χ0n) is 12.7. The van der Waals surface area contributed by atoms with Crippen LogP contribution >= 0.6 is 0 Å². The highest BCUT2D eigenvalue weighted by Gasteiger charge is 2.41. The number of carbonyl (C=O) groups is 1. The van der Waals surface area contributed by atoms with Gasteiger partial charge < -0.3 is 9.64 Å². The van der Waals surface area contributed by atoms with Crippen molar-refractivity contribution in [3.8, 4) is 0 Å². The molecule has 0 bridgehead atoms. The Hall–Kier alpha value is -0.610. The van der Waals surface area contributed by atoms with Gasteiger partial charge in [-0.05, 0) is 24.7 Å². The molecule has 110 valence electrons. The minimum atomic E-state index is 0.00900. The fourth-order valence-electron chi connectivity index (χ4n) is 3.11. The van der Waals surface area contributed by atoms with Crippen LogP contribution in [0.4, 0.5) is 0 Å². The van der Waals surface area contributed by atoms with Gasteiger partial charge in [0.15, 0.2) is 0 Å². The Kier molecular flexibility index (Phi) is 4.85. The van der Waals surface area contributed by atoms with Gasteiger partial charge in [-0.1, -0.05) is 27.7 Å². The van der Waals surface area contributed by atoms with Crippen LogP contribution in [-0.4, -0.2) is 42.8 Å². The summed E-state index contributed by atoms with van der Waals surface area (Å²) in [5.41, 5.74) is 0. The monoisotopic (exact) mass is 268 g/mol. The van der Waals surface area contributed by atoms with Gasteiger partial charge in [-0.15, -0.1) is 0 Å². The molecular formula is C15H28N2O2. The topological polar surface area (TPSA) is 41.6 Å². The fraction of sp³-hybridized carbons (Fsp3) is 0.933. The summed E-state index contributed by atoms with van der Waals surface area (Å²) in [7, 11) is 0. The van der Waals surface area contributed by atoms with E-state index in [1.54, 1.807) is 0 Å². The highest BCUT2D eigenvalue weighted by atomic mass is 16.5. The van der Waals surface area contributed by atoms with Crippen molar-refractivity contribution in [2.24, 2.45) is 17.8 Å². The van der Waals surface area contributed by atoms with E-state index in [1.807, 2.05) is 0 Å². The second kappa shape index (κ2) is 6.23. The number of hydrogen-bond donors (Lipinski definition) is 1. The maximum absolute atomic E-state index is 12.6. The normalized spacial score (nSPS) is 32.0. The second-order valence-corrected chi connectivity index (χ2v) is 6.76. The first kappa shape index (κ1) is 14.8. The zero-order valence-corrected chi connectivity index (χ0v) is 12.7. The third-order valence-corrected chi connectivity index (χ3v) is 4.11. The van der Waals surface area contributed by atoms with Gasteiger partial charge in [-0.2, -0.15) is 0 Å². The van der Waals surface area contributed by atoms with E-state index in [0.717, 1.165) is 32.6 Å². The third-order valence-electron chi connectivity index (χ3n) is 4.11. The summed E-state index contributed by atoms with van der Waals surface area (Å²) in [5, 5.41) is 3.53. The van der Waals surface area contributed by atoms with Crippen LogP contribution in [0.15, 0.2) is 0 Å². The number of hydrogen-bond acceptors (Lipinski definition) is 3. The average molecular weight is 268 g/mol. The van der Waals surface area contributed by atoms with Crippen LogP contribution < -0.4 is 5.32 Å². The molecule has 0 aliphatic carbocycles. The molecule has 2 rings (SSSR count). The molecule has 0 aromatic carbocycles. The zero-order chi connectivity index (χ0) is 14.0. The minimum absolute atomic E-state index is 0.00900. The van der Waals surface area contributed by atoms with Gasteiger partial charge in [0.25, 0.3) is 0 Å². The summed E-state index contributed by atoms with van der Waals surface area (Å²) in [6.07, 6.45) is 2.21. The second-order valence-electron chi connectivity index (χ2n) is 6.76. The molecule has 0 saturated carbocycles. The van der Waals surface area contributed by atoms with Crippen molar-refractivity contribution in [1.29, 1.82) is 0 Å². The quantitative estimate of drug-likeness (QED) is 0.827. The van der Waals surface area contributed by atoms with E-state index in [-0.39, 0.29) is 12.2 Å². The molecule has 2 aliphatic rings. The molecule has 0 aromatic heterocycles. The van der Waals surface area contributed by atoms with Gasteiger partial charge in [-0.3, -0.25) is 10.1 Å². The summed E-state index contributed by atoms with van der Waals surface area (Å²) in [6, 6.07) is 0.00900. The average Bonchev–Trinajstić information content (AvgIpc) is 2.91. The van der Waals surface area contributed by atoms with Crippen LogP contribution in [0.3, 0.4) is 0 Å². The Morgan fingerprint density at radius 1 is 1.37 bits per heavy atom. The number of ether oxygens (including phenoxy) is 1. The molecular weight excluding hydrogens is 240 g/mol. The number of amides is 1. The molecule has 0 aromatic rings. The van der Waals surface area contributed by atoms with Crippen molar-refractivity contribution in [3.05, 3.63) is 0 Å². The Bertz CT molecular complexity index is 311. The van der Waals surface area contributed by atoms with E-state index in [1.165, 1.54) is 0 Å². The number of carbonyl (C=O) groups excluding carboxylic acids is 1. The predicted octanol–water partition coefficient (Wildman–Crippen LogP) is 1.85. The molecule has 1 amide bonds. The fourth-order valence-corrected chi connectivity index (χ4v) is 3.11. The highest BCUT2D eigenvalue weighted by Crippen LogP contribution is 2.24. The first-order valence-electron chi connectivity index (χ1n) is 7.63. The van der Waals surface area contributed by atoms with E-state index in [9.17, 15) is 4.79 Å². The largest absolute Gasteiger partial charge is 0.381 e. The van der Waals surface area contributed by atoms with Gasteiger partial charge in [0.1, 0.15) is 0 Å². The molecule has 4 nitrogen and oxygen atoms in total. The summed E-state index contributed by atoms with van der Waals surface area (Å²) in [6.45, 7) is 11.2. The Labute approximate surface area is 116 Å². The molecule has 0 radical (unpaired) electrons.